The number of hydrogen-bond acceptors (Lipinski definition) is 3. The molecule has 0 aromatic rings. The maximum Gasteiger partial charge on any atom is 0.508 e. The Labute approximate surface area is 67.7 Å². The molecule has 0 rings (SSSR count). The van der Waals surface area contributed by atoms with Gasteiger partial charge >= 0.3 is 6.16 Å². The minimum absolute atomic E-state index is 0.451. The molecule has 0 aliphatic carbocycles. The summed E-state index contributed by atoms with van der Waals surface area (Å²) in [6, 6.07) is 0. The van der Waals surface area contributed by atoms with E-state index in [1.807, 2.05) is 13.8 Å². The average molecular weight is 159 g/mol. The van der Waals surface area contributed by atoms with Gasteiger partial charge in [-0.3, -0.25) is 0 Å². The molecular formula is C8H15O3. The van der Waals surface area contributed by atoms with Crippen LogP contribution in [0.2, 0.25) is 0 Å². The molecule has 0 fully saturated rings. The predicted molar refractivity (Wildman–Crippen MR) is 41.9 cm³/mol. The smallest absolute Gasteiger partial charge is 0.434 e. The van der Waals surface area contributed by atoms with E-state index in [-0.39, 0.29) is 0 Å². The first-order valence-corrected chi connectivity index (χ1v) is 3.96. The van der Waals surface area contributed by atoms with Crippen molar-refractivity contribution in [2.45, 2.75) is 33.1 Å². The number of rotatable bonds is 5. The van der Waals surface area contributed by atoms with E-state index in [4.69, 9.17) is 4.74 Å². The van der Waals surface area contributed by atoms with E-state index < -0.39 is 6.16 Å². The lowest BCUT2D eigenvalue weighted by molar-refractivity contribution is 0.0717. The van der Waals surface area contributed by atoms with Gasteiger partial charge in [0.15, 0.2) is 0 Å². The first kappa shape index (κ1) is 10.3. The van der Waals surface area contributed by atoms with Crippen molar-refractivity contribution < 1.29 is 14.3 Å². The van der Waals surface area contributed by atoms with Gasteiger partial charge in [-0.1, -0.05) is 20.3 Å². The van der Waals surface area contributed by atoms with Gasteiger partial charge in [-0.15, -0.1) is 0 Å². The van der Waals surface area contributed by atoms with Crippen LogP contribution in [-0.4, -0.2) is 12.8 Å². The molecule has 0 atom stereocenters. The van der Waals surface area contributed by atoms with Crippen molar-refractivity contribution >= 4 is 6.16 Å². The molecule has 0 aliphatic rings. The molecular weight excluding hydrogens is 144 g/mol. The van der Waals surface area contributed by atoms with E-state index in [2.05, 4.69) is 4.74 Å². The van der Waals surface area contributed by atoms with Crippen LogP contribution in [0.5, 0.6) is 0 Å². The number of carbonyl (C=O) groups excluding carboxylic acids is 1. The predicted octanol–water partition coefficient (Wildman–Crippen LogP) is 2.51. The van der Waals surface area contributed by atoms with E-state index in [1.165, 1.54) is 6.61 Å². The van der Waals surface area contributed by atoms with E-state index in [1.54, 1.807) is 0 Å². The van der Waals surface area contributed by atoms with Gasteiger partial charge < -0.3 is 9.47 Å². The monoisotopic (exact) mass is 159 g/mol. The van der Waals surface area contributed by atoms with Gasteiger partial charge in [-0.2, -0.15) is 0 Å². The molecule has 3 heteroatoms. The summed E-state index contributed by atoms with van der Waals surface area (Å²) >= 11 is 0. The van der Waals surface area contributed by atoms with E-state index in [0.29, 0.717) is 13.0 Å². The van der Waals surface area contributed by atoms with Crippen LogP contribution in [0.25, 0.3) is 0 Å². The van der Waals surface area contributed by atoms with Gasteiger partial charge in [0, 0.05) is 0 Å². The molecule has 65 valence electrons. The van der Waals surface area contributed by atoms with Crippen molar-refractivity contribution in [2.75, 3.05) is 6.61 Å². The summed E-state index contributed by atoms with van der Waals surface area (Å²) in [5, 5.41) is 0. The summed E-state index contributed by atoms with van der Waals surface area (Å²) in [7, 11) is 0. The first-order valence-electron chi connectivity index (χ1n) is 3.96. The molecule has 0 aromatic heterocycles. The van der Waals surface area contributed by atoms with E-state index >= 15 is 0 Å². The Kier molecular flexibility index (Phi) is 6.89. The minimum Gasteiger partial charge on any atom is -0.434 e. The molecule has 3 nitrogen and oxygen atoms in total. The van der Waals surface area contributed by atoms with Crippen LogP contribution in [-0.2, 0) is 9.47 Å². The summed E-state index contributed by atoms with van der Waals surface area (Å²) in [6.45, 7) is 5.80. The van der Waals surface area contributed by atoms with Crippen LogP contribution in [0, 0.1) is 6.61 Å². The zero-order chi connectivity index (χ0) is 8.53. The van der Waals surface area contributed by atoms with Crippen LogP contribution in [0.3, 0.4) is 0 Å². The second-order valence-electron chi connectivity index (χ2n) is 2.14. The molecule has 0 aromatic carbocycles. The normalized spacial score (nSPS) is 9.27. The molecule has 0 bridgehead atoms. The Morgan fingerprint density at radius 1 is 1.45 bits per heavy atom. The largest absolute Gasteiger partial charge is 0.508 e. The summed E-state index contributed by atoms with van der Waals surface area (Å²) < 4.78 is 9.24. The Morgan fingerprint density at radius 3 is 2.73 bits per heavy atom. The fourth-order valence-corrected chi connectivity index (χ4v) is 0.485. The van der Waals surface area contributed by atoms with Gasteiger partial charge in [-0.25, -0.2) is 4.79 Å². The molecule has 11 heavy (non-hydrogen) atoms. The molecule has 0 N–H and O–H groups in total. The summed E-state index contributed by atoms with van der Waals surface area (Å²) in [5.41, 5.74) is 0. The van der Waals surface area contributed by atoms with Crippen LogP contribution in [0.15, 0.2) is 0 Å². The Balaban J connectivity index is 3.09. The molecule has 0 amide bonds. The Bertz CT molecular complexity index is 102. The third-order valence-corrected chi connectivity index (χ3v) is 1.06. The van der Waals surface area contributed by atoms with E-state index in [0.717, 1.165) is 12.8 Å². The zero-order valence-electron chi connectivity index (χ0n) is 7.13. The second kappa shape index (κ2) is 7.38. The highest BCUT2D eigenvalue weighted by Crippen LogP contribution is 1.94. The number of unbranched alkanes of at least 4 members (excludes halogenated alkanes) is 1. The molecule has 1 radical (unpaired) electrons. The maximum absolute atomic E-state index is 10.6. The lowest BCUT2D eigenvalue weighted by Gasteiger charge is -2.02. The number of carbonyl (C=O) groups is 1. The lowest BCUT2D eigenvalue weighted by Crippen LogP contribution is -2.06. The summed E-state index contributed by atoms with van der Waals surface area (Å²) in [5.74, 6) is 0. The van der Waals surface area contributed by atoms with Gasteiger partial charge in [0.25, 0.3) is 0 Å². The van der Waals surface area contributed by atoms with Gasteiger partial charge in [-0.05, 0) is 12.8 Å². The maximum atomic E-state index is 10.6. The zero-order valence-corrected chi connectivity index (χ0v) is 7.13. The van der Waals surface area contributed by atoms with Gasteiger partial charge in [0.2, 0.25) is 0 Å². The highest BCUT2D eigenvalue weighted by molar-refractivity contribution is 5.60. The van der Waals surface area contributed by atoms with Crippen molar-refractivity contribution in [3.8, 4) is 0 Å². The van der Waals surface area contributed by atoms with Crippen LogP contribution >= 0.6 is 0 Å². The molecule has 0 unspecified atom stereocenters. The molecule has 0 heterocycles. The quantitative estimate of drug-likeness (QED) is 0.456. The van der Waals surface area contributed by atoms with Crippen LogP contribution in [0.1, 0.15) is 33.1 Å². The topological polar surface area (TPSA) is 35.5 Å². The van der Waals surface area contributed by atoms with Crippen LogP contribution < -0.4 is 0 Å². The van der Waals surface area contributed by atoms with Crippen LogP contribution in [0.4, 0.5) is 4.79 Å². The average Bonchev–Trinajstić information content (AvgIpc) is 2.01. The Morgan fingerprint density at radius 2 is 2.18 bits per heavy atom. The van der Waals surface area contributed by atoms with Crippen molar-refractivity contribution in [1.29, 1.82) is 0 Å². The highest BCUT2D eigenvalue weighted by atomic mass is 16.7. The lowest BCUT2D eigenvalue weighted by atomic mass is 10.4. The highest BCUT2D eigenvalue weighted by Gasteiger charge is 2.00. The Hall–Kier alpha value is -0.730. The van der Waals surface area contributed by atoms with Crippen molar-refractivity contribution in [3.63, 3.8) is 0 Å². The van der Waals surface area contributed by atoms with Crippen molar-refractivity contribution in [1.82, 2.24) is 0 Å². The number of hydrogen-bond donors (Lipinski definition) is 0. The van der Waals surface area contributed by atoms with Crippen molar-refractivity contribution in [2.24, 2.45) is 0 Å². The summed E-state index contributed by atoms with van der Waals surface area (Å²) in [4.78, 5) is 10.6. The molecule has 0 saturated heterocycles. The standard InChI is InChI=1S/C8H15O3/c1-3-5-7-11-8(9)10-6-4-2/h6H,3-5,7H2,1-2H3. The fraction of sp³-hybridized carbons (Fsp3) is 0.750. The van der Waals surface area contributed by atoms with Gasteiger partial charge in [0.05, 0.1) is 6.61 Å². The third-order valence-electron chi connectivity index (χ3n) is 1.06. The SMILES string of the molecule is CC[CH]OC(=O)OCCCC. The van der Waals surface area contributed by atoms with Crippen molar-refractivity contribution in [3.05, 3.63) is 6.61 Å². The fourth-order valence-electron chi connectivity index (χ4n) is 0.485. The van der Waals surface area contributed by atoms with E-state index in [9.17, 15) is 4.79 Å². The minimum atomic E-state index is -0.597. The van der Waals surface area contributed by atoms with Gasteiger partial charge in [0.1, 0.15) is 6.61 Å². The number of ether oxygens (including phenoxy) is 2. The molecule has 0 aliphatic heterocycles. The summed E-state index contributed by atoms with van der Waals surface area (Å²) in [6.07, 6.45) is 2.02. The molecule has 0 spiro atoms. The third kappa shape index (κ3) is 7.16. The molecule has 0 saturated carbocycles. The second-order valence-corrected chi connectivity index (χ2v) is 2.14. The first-order chi connectivity index (χ1) is 5.31.